The lowest BCUT2D eigenvalue weighted by atomic mass is 9.99. The zero-order valence-corrected chi connectivity index (χ0v) is 13.1. The molecule has 0 spiro atoms. The van der Waals surface area contributed by atoms with Crippen molar-refractivity contribution in [3.05, 3.63) is 11.9 Å². The van der Waals surface area contributed by atoms with Gasteiger partial charge in [0.1, 0.15) is 18.0 Å². The van der Waals surface area contributed by atoms with Gasteiger partial charge in [-0.15, -0.1) is 0 Å². The van der Waals surface area contributed by atoms with Crippen LogP contribution in [-0.2, 0) is 0 Å². The molecule has 0 aromatic carbocycles. The predicted molar refractivity (Wildman–Crippen MR) is 82.8 cm³/mol. The molecule has 1 aromatic heterocycles. The van der Waals surface area contributed by atoms with Crippen LogP contribution in [-0.4, -0.2) is 23.1 Å². The van der Waals surface area contributed by atoms with E-state index in [0.717, 1.165) is 24.0 Å². The van der Waals surface area contributed by atoms with Crippen LogP contribution in [0.5, 0.6) is 0 Å². The average molecular weight is 264 g/mol. The number of nitrogens with zero attached hydrogens (tertiary/aromatic N) is 2. The lowest BCUT2D eigenvalue weighted by Crippen LogP contribution is -2.21. The minimum absolute atomic E-state index is 0.391. The molecule has 4 heteroatoms. The molecule has 1 heterocycles. The number of hydrogen-bond acceptors (Lipinski definition) is 4. The standard InChI is InChI=1S/C15H28N4/c1-7-11(4)8-12(5)19-15-13(10(2)3)14(16-6)17-9-18-15/h9-12H,7-8H2,1-6H3,(H2,16,17,18,19). The second-order valence-electron chi connectivity index (χ2n) is 5.68. The van der Waals surface area contributed by atoms with Gasteiger partial charge < -0.3 is 10.6 Å². The van der Waals surface area contributed by atoms with Crippen LogP contribution in [0.4, 0.5) is 11.6 Å². The Morgan fingerprint density at radius 2 is 1.74 bits per heavy atom. The highest BCUT2D eigenvalue weighted by atomic mass is 15.1. The molecule has 19 heavy (non-hydrogen) atoms. The predicted octanol–water partition coefficient (Wildman–Crippen LogP) is 3.88. The zero-order valence-electron chi connectivity index (χ0n) is 13.1. The van der Waals surface area contributed by atoms with Crippen LogP contribution in [0, 0.1) is 5.92 Å². The zero-order chi connectivity index (χ0) is 14.4. The lowest BCUT2D eigenvalue weighted by molar-refractivity contribution is 0.483. The maximum atomic E-state index is 4.42. The fourth-order valence-electron chi connectivity index (χ4n) is 2.32. The molecule has 2 N–H and O–H groups in total. The van der Waals surface area contributed by atoms with Crippen molar-refractivity contribution in [3.8, 4) is 0 Å². The monoisotopic (exact) mass is 264 g/mol. The van der Waals surface area contributed by atoms with Crippen molar-refractivity contribution in [2.24, 2.45) is 5.92 Å². The van der Waals surface area contributed by atoms with Gasteiger partial charge in [-0.25, -0.2) is 9.97 Å². The molecule has 1 aromatic rings. The molecule has 0 radical (unpaired) electrons. The Hall–Kier alpha value is -1.32. The number of aromatic nitrogens is 2. The van der Waals surface area contributed by atoms with Gasteiger partial charge in [0, 0.05) is 18.7 Å². The van der Waals surface area contributed by atoms with Crippen molar-refractivity contribution < 1.29 is 0 Å². The molecule has 108 valence electrons. The molecule has 0 aliphatic rings. The molecule has 0 amide bonds. The van der Waals surface area contributed by atoms with Crippen LogP contribution in [0.1, 0.15) is 58.9 Å². The van der Waals surface area contributed by atoms with E-state index in [0.29, 0.717) is 12.0 Å². The van der Waals surface area contributed by atoms with Crippen LogP contribution < -0.4 is 10.6 Å². The summed E-state index contributed by atoms with van der Waals surface area (Å²) in [5.74, 6) is 3.01. The maximum Gasteiger partial charge on any atom is 0.135 e. The van der Waals surface area contributed by atoms with Gasteiger partial charge >= 0.3 is 0 Å². The van der Waals surface area contributed by atoms with E-state index in [1.165, 1.54) is 12.0 Å². The van der Waals surface area contributed by atoms with Crippen LogP contribution in [0.25, 0.3) is 0 Å². The van der Waals surface area contributed by atoms with Crippen molar-refractivity contribution in [1.29, 1.82) is 0 Å². The van der Waals surface area contributed by atoms with Crippen molar-refractivity contribution in [3.63, 3.8) is 0 Å². The molecule has 0 aliphatic heterocycles. The Balaban J connectivity index is 2.88. The lowest BCUT2D eigenvalue weighted by Gasteiger charge is -2.22. The molecule has 0 saturated carbocycles. The topological polar surface area (TPSA) is 49.8 Å². The van der Waals surface area contributed by atoms with Gasteiger partial charge in [0.25, 0.3) is 0 Å². The minimum atomic E-state index is 0.391. The fraction of sp³-hybridized carbons (Fsp3) is 0.733. The third-order valence-electron chi connectivity index (χ3n) is 3.53. The summed E-state index contributed by atoms with van der Waals surface area (Å²) in [7, 11) is 1.90. The van der Waals surface area contributed by atoms with Crippen molar-refractivity contribution >= 4 is 11.6 Å². The van der Waals surface area contributed by atoms with E-state index in [9.17, 15) is 0 Å². The number of anilines is 2. The van der Waals surface area contributed by atoms with Crippen LogP contribution in [0.3, 0.4) is 0 Å². The minimum Gasteiger partial charge on any atom is -0.373 e. The van der Waals surface area contributed by atoms with E-state index in [-0.39, 0.29) is 0 Å². The van der Waals surface area contributed by atoms with E-state index >= 15 is 0 Å². The summed E-state index contributed by atoms with van der Waals surface area (Å²) in [5.41, 5.74) is 1.17. The summed E-state index contributed by atoms with van der Waals surface area (Å²) in [6.07, 6.45) is 4.00. The normalized spacial score (nSPS) is 14.3. The average Bonchev–Trinajstić information content (AvgIpc) is 2.37. The third kappa shape index (κ3) is 4.37. The summed E-state index contributed by atoms with van der Waals surface area (Å²) in [5, 5.41) is 6.69. The van der Waals surface area contributed by atoms with E-state index < -0.39 is 0 Å². The molecule has 4 nitrogen and oxygen atoms in total. The third-order valence-corrected chi connectivity index (χ3v) is 3.53. The second-order valence-corrected chi connectivity index (χ2v) is 5.68. The van der Waals surface area contributed by atoms with Crippen molar-refractivity contribution in [1.82, 2.24) is 9.97 Å². The maximum absolute atomic E-state index is 4.42. The Bertz CT molecular complexity index is 390. The Morgan fingerprint density at radius 3 is 2.26 bits per heavy atom. The van der Waals surface area contributed by atoms with Gasteiger partial charge in [0.05, 0.1) is 0 Å². The molecule has 1 rings (SSSR count). The Kier molecular flexibility index (Phi) is 6.06. The summed E-state index contributed by atoms with van der Waals surface area (Å²) in [4.78, 5) is 8.72. The molecule has 2 atom stereocenters. The van der Waals surface area contributed by atoms with Crippen LogP contribution in [0.15, 0.2) is 6.33 Å². The molecule has 0 fully saturated rings. The highest BCUT2D eigenvalue weighted by Gasteiger charge is 2.16. The Labute approximate surface area is 117 Å². The van der Waals surface area contributed by atoms with Crippen LogP contribution >= 0.6 is 0 Å². The molecule has 0 bridgehead atoms. The first kappa shape index (κ1) is 15.7. The summed E-state index contributed by atoms with van der Waals surface area (Å²) < 4.78 is 0. The van der Waals surface area contributed by atoms with Crippen molar-refractivity contribution in [2.75, 3.05) is 17.7 Å². The first-order valence-corrected chi connectivity index (χ1v) is 7.28. The highest BCUT2D eigenvalue weighted by molar-refractivity contribution is 5.59. The molecule has 0 aliphatic carbocycles. The van der Waals surface area contributed by atoms with E-state index in [1.54, 1.807) is 6.33 Å². The van der Waals surface area contributed by atoms with E-state index in [1.807, 2.05) is 7.05 Å². The van der Waals surface area contributed by atoms with Gasteiger partial charge in [-0.3, -0.25) is 0 Å². The fourth-order valence-corrected chi connectivity index (χ4v) is 2.32. The van der Waals surface area contributed by atoms with Gasteiger partial charge in [0.2, 0.25) is 0 Å². The van der Waals surface area contributed by atoms with E-state index in [2.05, 4.69) is 55.2 Å². The van der Waals surface area contributed by atoms with Gasteiger partial charge in [-0.1, -0.05) is 34.1 Å². The van der Waals surface area contributed by atoms with Crippen LogP contribution in [0.2, 0.25) is 0 Å². The second kappa shape index (κ2) is 7.31. The number of rotatable bonds is 7. The largest absolute Gasteiger partial charge is 0.373 e. The first-order chi connectivity index (χ1) is 8.99. The van der Waals surface area contributed by atoms with E-state index in [4.69, 9.17) is 0 Å². The van der Waals surface area contributed by atoms with Gasteiger partial charge in [0.15, 0.2) is 0 Å². The van der Waals surface area contributed by atoms with Crippen molar-refractivity contribution in [2.45, 2.75) is 59.4 Å². The smallest absolute Gasteiger partial charge is 0.135 e. The molecular formula is C15H28N4. The van der Waals surface area contributed by atoms with Gasteiger partial charge in [-0.05, 0) is 25.2 Å². The first-order valence-electron chi connectivity index (χ1n) is 7.28. The number of nitrogens with one attached hydrogen (secondary N) is 2. The molecule has 0 saturated heterocycles. The highest BCUT2D eigenvalue weighted by Crippen LogP contribution is 2.28. The Morgan fingerprint density at radius 1 is 1.11 bits per heavy atom. The number of hydrogen-bond donors (Lipinski definition) is 2. The SMILES string of the molecule is CCC(C)CC(C)Nc1ncnc(NC)c1C(C)C. The molecule has 2 unspecified atom stereocenters. The summed E-state index contributed by atoms with van der Waals surface area (Å²) in [6.45, 7) is 11.1. The van der Waals surface area contributed by atoms with Gasteiger partial charge in [-0.2, -0.15) is 0 Å². The quantitative estimate of drug-likeness (QED) is 0.784. The molecular weight excluding hydrogens is 236 g/mol. The summed E-state index contributed by atoms with van der Waals surface area (Å²) in [6, 6.07) is 0.423. The summed E-state index contributed by atoms with van der Waals surface area (Å²) >= 11 is 0.